The summed E-state index contributed by atoms with van der Waals surface area (Å²) in [5, 5.41) is 7.18. The van der Waals surface area contributed by atoms with Crippen LogP contribution >= 0.6 is 12.2 Å². The molecule has 1 fully saturated rings. The molecular formula is C15H21N3O2S. The zero-order chi connectivity index (χ0) is 14.8. The Hall–Kier alpha value is -1.37. The molecule has 3 atom stereocenters. The lowest BCUT2D eigenvalue weighted by Gasteiger charge is -2.34. The van der Waals surface area contributed by atoms with E-state index in [1.807, 2.05) is 18.2 Å². The normalized spacial score (nSPS) is 27.6. The van der Waals surface area contributed by atoms with Crippen LogP contribution in [0.5, 0.6) is 5.75 Å². The van der Waals surface area contributed by atoms with Crippen LogP contribution in [0.3, 0.4) is 0 Å². The molecule has 1 aromatic rings. The van der Waals surface area contributed by atoms with Crippen LogP contribution in [0.1, 0.15) is 18.9 Å². The highest BCUT2D eigenvalue weighted by atomic mass is 32.1. The molecule has 0 unspecified atom stereocenters. The van der Waals surface area contributed by atoms with Crippen molar-refractivity contribution in [2.45, 2.75) is 38.0 Å². The summed E-state index contributed by atoms with van der Waals surface area (Å²) in [6.07, 6.45) is 1.98. The second kappa shape index (κ2) is 6.17. The minimum Gasteiger partial charge on any atom is -0.493 e. The molecule has 0 aromatic heterocycles. The molecule has 0 radical (unpaired) electrons. The highest BCUT2D eigenvalue weighted by Gasteiger charge is 2.27. The molecule has 1 saturated heterocycles. The third-order valence-electron chi connectivity index (χ3n) is 3.98. The van der Waals surface area contributed by atoms with E-state index in [1.165, 1.54) is 5.56 Å². The van der Waals surface area contributed by atoms with Gasteiger partial charge in [0.25, 0.3) is 0 Å². The molecule has 6 heteroatoms. The SMILES string of the molecule is C[C@H]1C[C@@H](NC(=S)Nc2cccc3c2CCO3)[C@@H](N)CO1. The van der Waals surface area contributed by atoms with Crippen LogP contribution in [0, 0.1) is 0 Å². The molecule has 0 spiro atoms. The summed E-state index contributed by atoms with van der Waals surface area (Å²) < 4.78 is 11.1. The molecule has 0 saturated carbocycles. The summed E-state index contributed by atoms with van der Waals surface area (Å²) in [6, 6.07) is 6.08. The fourth-order valence-electron chi connectivity index (χ4n) is 2.82. The number of nitrogens with two attached hydrogens (primary N) is 1. The smallest absolute Gasteiger partial charge is 0.171 e. The molecule has 2 aliphatic rings. The number of ether oxygens (including phenoxy) is 2. The van der Waals surface area contributed by atoms with Gasteiger partial charge in [-0.05, 0) is 37.7 Å². The van der Waals surface area contributed by atoms with Crippen LogP contribution in [-0.2, 0) is 11.2 Å². The van der Waals surface area contributed by atoms with Crippen LogP contribution < -0.4 is 21.1 Å². The standard InChI is InChI=1S/C15H21N3O2S/c1-9-7-13(11(16)8-20-9)18-15(21)17-12-3-2-4-14-10(12)5-6-19-14/h2-4,9,11,13H,5-8,16H2,1H3,(H2,17,18,21)/t9-,11-,13+/m0/s1. The lowest BCUT2D eigenvalue weighted by molar-refractivity contribution is 0.00455. The van der Waals surface area contributed by atoms with Crippen molar-refractivity contribution in [3.05, 3.63) is 23.8 Å². The Morgan fingerprint density at radius 2 is 2.29 bits per heavy atom. The zero-order valence-electron chi connectivity index (χ0n) is 12.1. The van der Waals surface area contributed by atoms with Gasteiger partial charge in [-0.15, -0.1) is 0 Å². The number of rotatable bonds is 2. The lowest BCUT2D eigenvalue weighted by atomic mass is 10.0. The summed E-state index contributed by atoms with van der Waals surface area (Å²) >= 11 is 5.42. The van der Waals surface area contributed by atoms with Crippen molar-refractivity contribution in [1.29, 1.82) is 0 Å². The summed E-state index contributed by atoms with van der Waals surface area (Å²) in [5.74, 6) is 0.944. The Bertz CT molecular complexity index is 538. The third-order valence-corrected chi connectivity index (χ3v) is 4.20. The number of hydrogen-bond acceptors (Lipinski definition) is 4. The summed E-state index contributed by atoms with van der Waals surface area (Å²) in [7, 11) is 0. The summed E-state index contributed by atoms with van der Waals surface area (Å²) in [4.78, 5) is 0. The van der Waals surface area contributed by atoms with E-state index in [9.17, 15) is 0 Å². The Balaban J connectivity index is 1.63. The van der Waals surface area contributed by atoms with Crippen molar-refractivity contribution in [2.75, 3.05) is 18.5 Å². The Labute approximate surface area is 130 Å². The van der Waals surface area contributed by atoms with Gasteiger partial charge in [0.05, 0.1) is 19.3 Å². The molecule has 0 bridgehead atoms. The maximum Gasteiger partial charge on any atom is 0.171 e. The van der Waals surface area contributed by atoms with Crippen molar-refractivity contribution in [3.63, 3.8) is 0 Å². The largest absolute Gasteiger partial charge is 0.493 e. The van der Waals surface area contributed by atoms with E-state index in [1.54, 1.807) is 0 Å². The number of thiocarbonyl (C=S) groups is 1. The number of nitrogens with one attached hydrogen (secondary N) is 2. The van der Waals surface area contributed by atoms with Gasteiger partial charge >= 0.3 is 0 Å². The third kappa shape index (κ3) is 3.28. The first-order valence-electron chi connectivity index (χ1n) is 7.33. The van der Waals surface area contributed by atoms with Gasteiger partial charge in [0.15, 0.2) is 5.11 Å². The average Bonchev–Trinajstić information content (AvgIpc) is 2.92. The van der Waals surface area contributed by atoms with Gasteiger partial charge in [-0.2, -0.15) is 0 Å². The van der Waals surface area contributed by atoms with Crippen molar-refractivity contribution < 1.29 is 9.47 Å². The molecule has 2 heterocycles. The maximum absolute atomic E-state index is 6.08. The molecule has 1 aromatic carbocycles. The van der Waals surface area contributed by atoms with Gasteiger partial charge in [-0.25, -0.2) is 0 Å². The van der Waals surface area contributed by atoms with Gasteiger partial charge in [-0.3, -0.25) is 0 Å². The first-order chi connectivity index (χ1) is 10.1. The highest BCUT2D eigenvalue weighted by Crippen LogP contribution is 2.31. The topological polar surface area (TPSA) is 68.5 Å². The van der Waals surface area contributed by atoms with Gasteiger partial charge in [0, 0.05) is 29.8 Å². The molecule has 3 rings (SSSR count). The van der Waals surface area contributed by atoms with Crippen LogP contribution in [0.25, 0.3) is 0 Å². The van der Waals surface area contributed by atoms with Crippen molar-refractivity contribution in [3.8, 4) is 5.75 Å². The fourth-order valence-corrected chi connectivity index (χ4v) is 3.08. The first kappa shape index (κ1) is 14.6. The second-order valence-electron chi connectivity index (χ2n) is 5.63. The molecular weight excluding hydrogens is 286 g/mol. The number of benzene rings is 1. The molecule has 114 valence electrons. The Morgan fingerprint density at radius 1 is 1.43 bits per heavy atom. The van der Waals surface area contributed by atoms with E-state index in [2.05, 4.69) is 17.6 Å². The second-order valence-corrected chi connectivity index (χ2v) is 6.04. The van der Waals surface area contributed by atoms with E-state index >= 15 is 0 Å². The van der Waals surface area contributed by atoms with Crippen LogP contribution in [0.4, 0.5) is 5.69 Å². The fraction of sp³-hybridized carbons (Fsp3) is 0.533. The van der Waals surface area contributed by atoms with Crippen molar-refractivity contribution in [1.82, 2.24) is 5.32 Å². The summed E-state index contributed by atoms with van der Waals surface area (Å²) in [5.41, 5.74) is 8.27. The molecule has 0 aliphatic carbocycles. The van der Waals surface area contributed by atoms with E-state index in [0.717, 1.165) is 30.9 Å². The zero-order valence-corrected chi connectivity index (χ0v) is 12.9. The quantitative estimate of drug-likeness (QED) is 0.718. The van der Waals surface area contributed by atoms with Crippen molar-refractivity contribution in [2.24, 2.45) is 5.73 Å². The maximum atomic E-state index is 6.08. The number of anilines is 1. The monoisotopic (exact) mass is 307 g/mol. The average molecular weight is 307 g/mol. The number of fused-ring (bicyclic) bond motifs is 1. The first-order valence-corrected chi connectivity index (χ1v) is 7.73. The Morgan fingerprint density at radius 3 is 3.14 bits per heavy atom. The minimum atomic E-state index is -0.0363. The minimum absolute atomic E-state index is 0.0363. The van der Waals surface area contributed by atoms with E-state index in [4.69, 9.17) is 27.4 Å². The molecule has 4 N–H and O–H groups in total. The van der Waals surface area contributed by atoms with Gasteiger partial charge in [0.2, 0.25) is 0 Å². The molecule has 0 amide bonds. The molecule has 5 nitrogen and oxygen atoms in total. The molecule has 21 heavy (non-hydrogen) atoms. The van der Waals surface area contributed by atoms with Crippen LogP contribution in [0.2, 0.25) is 0 Å². The van der Waals surface area contributed by atoms with Gasteiger partial charge in [-0.1, -0.05) is 6.07 Å². The summed E-state index contributed by atoms with van der Waals surface area (Å²) in [6.45, 7) is 3.35. The molecule has 2 aliphatic heterocycles. The van der Waals surface area contributed by atoms with E-state index in [0.29, 0.717) is 11.7 Å². The van der Waals surface area contributed by atoms with Crippen LogP contribution in [0.15, 0.2) is 18.2 Å². The highest BCUT2D eigenvalue weighted by molar-refractivity contribution is 7.80. The van der Waals surface area contributed by atoms with Gasteiger partial charge in [0.1, 0.15) is 5.75 Å². The van der Waals surface area contributed by atoms with Crippen molar-refractivity contribution >= 4 is 23.0 Å². The lowest BCUT2D eigenvalue weighted by Crippen LogP contribution is -2.55. The predicted molar refractivity (Wildman–Crippen MR) is 86.8 cm³/mol. The van der Waals surface area contributed by atoms with Crippen LogP contribution in [-0.4, -0.2) is 36.5 Å². The Kier molecular flexibility index (Phi) is 4.28. The van der Waals surface area contributed by atoms with E-state index in [-0.39, 0.29) is 18.2 Å². The van der Waals surface area contributed by atoms with Gasteiger partial charge < -0.3 is 25.8 Å². The van der Waals surface area contributed by atoms with E-state index < -0.39 is 0 Å². The predicted octanol–water partition coefficient (Wildman–Crippen LogP) is 1.41. The number of hydrogen-bond donors (Lipinski definition) is 3.